The molecule has 5 rings (SSSR count). The van der Waals surface area contributed by atoms with Crippen molar-refractivity contribution in [2.45, 2.75) is 83.7 Å². The molecule has 2 aromatic carbocycles. The van der Waals surface area contributed by atoms with Crippen LogP contribution < -0.4 is 9.80 Å². The lowest BCUT2D eigenvalue weighted by molar-refractivity contribution is -0.144. The molecule has 0 spiro atoms. The Kier molecular flexibility index (Phi) is 11.3. The van der Waals surface area contributed by atoms with E-state index < -0.39 is 29.4 Å². The first-order chi connectivity index (χ1) is 21.7. The van der Waals surface area contributed by atoms with Gasteiger partial charge in [-0.25, -0.2) is 0 Å². The number of tetrazole rings is 1. The normalized spacial score (nSPS) is 18.3. The maximum absolute atomic E-state index is 13.7. The van der Waals surface area contributed by atoms with Crippen LogP contribution in [-0.4, -0.2) is 44.4 Å². The number of alkyl halides is 6. The fraction of sp³-hybridized carbons (Fsp3) is 0.562. The third kappa shape index (κ3) is 8.88. The summed E-state index contributed by atoms with van der Waals surface area (Å²) in [6, 6.07) is 5.87. The predicted molar refractivity (Wildman–Crippen MR) is 166 cm³/mol. The zero-order valence-electron chi connectivity index (χ0n) is 26.2. The van der Waals surface area contributed by atoms with Crippen LogP contribution in [0.25, 0.3) is 0 Å². The molecule has 0 radical (unpaired) electrons. The highest BCUT2D eigenvalue weighted by Crippen LogP contribution is 2.38. The number of hydrogen-bond acceptors (Lipinski definition) is 6. The summed E-state index contributed by atoms with van der Waals surface area (Å²) in [5, 5.41) is 21.6. The van der Waals surface area contributed by atoms with Crippen LogP contribution >= 0.6 is 12.4 Å². The van der Waals surface area contributed by atoms with E-state index in [1.54, 1.807) is 4.90 Å². The van der Waals surface area contributed by atoms with Crippen LogP contribution in [0, 0.1) is 11.8 Å². The summed E-state index contributed by atoms with van der Waals surface area (Å²) < 4.78 is 82.1. The lowest BCUT2D eigenvalue weighted by Gasteiger charge is -2.35. The molecule has 1 fully saturated rings. The number of hydrogen-bond donors (Lipinski definition) is 1. The number of nitrogens with zero attached hydrogens (tertiary/aromatic N) is 6. The molecule has 2 aliphatic carbocycles. The summed E-state index contributed by atoms with van der Waals surface area (Å²) >= 11 is 0. The number of halogens is 7. The Bertz CT molecular complexity index is 1500. The fourth-order valence-corrected chi connectivity index (χ4v) is 6.68. The Balaban J connectivity index is 0.00000500. The molecule has 15 heteroatoms. The average Bonchev–Trinajstić information content (AvgIpc) is 3.44. The summed E-state index contributed by atoms with van der Waals surface area (Å²) in [4.78, 5) is 16.5. The minimum absolute atomic E-state index is 0. The van der Waals surface area contributed by atoms with Gasteiger partial charge in [-0.1, -0.05) is 11.2 Å². The molecular weight excluding hydrogens is 650 g/mol. The molecule has 0 bridgehead atoms. The fourth-order valence-electron chi connectivity index (χ4n) is 6.68. The number of aryl methyl sites for hydroxylation is 3. The molecule has 8 nitrogen and oxygen atoms in total. The van der Waals surface area contributed by atoms with Crippen LogP contribution in [0.1, 0.15) is 78.8 Å². The van der Waals surface area contributed by atoms with Gasteiger partial charge in [0.2, 0.25) is 0 Å². The molecule has 1 aromatic heterocycles. The Labute approximate surface area is 275 Å². The van der Waals surface area contributed by atoms with Gasteiger partial charge in [0.1, 0.15) is 0 Å². The molecule has 3 aromatic rings. The van der Waals surface area contributed by atoms with Gasteiger partial charge in [0.15, 0.2) is 0 Å². The predicted octanol–water partition coefficient (Wildman–Crippen LogP) is 7.47. The number of fused-ring (bicyclic) bond motifs is 1. The van der Waals surface area contributed by atoms with Crippen LogP contribution in [-0.2, 0) is 50.1 Å². The van der Waals surface area contributed by atoms with Crippen molar-refractivity contribution >= 4 is 30.0 Å². The van der Waals surface area contributed by atoms with E-state index in [0.29, 0.717) is 31.8 Å². The second-order valence-corrected chi connectivity index (χ2v) is 12.4. The van der Waals surface area contributed by atoms with Gasteiger partial charge >= 0.3 is 18.3 Å². The maximum atomic E-state index is 13.7. The number of carboxylic acids is 1. The van der Waals surface area contributed by atoms with Crippen molar-refractivity contribution < 1.29 is 36.2 Å². The van der Waals surface area contributed by atoms with E-state index in [2.05, 4.69) is 32.4 Å². The first-order valence-electron chi connectivity index (χ1n) is 15.6. The Hall–Kier alpha value is -3.55. The number of anilines is 2. The van der Waals surface area contributed by atoms with Crippen molar-refractivity contribution in [2.75, 3.05) is 22.9 Å². The van der Waals surface area contributed by atoms with Crippen molar-refractivity contribution in [3.8, 4) is 0 Å². The lowest BCUT2D eigenvalue weighted by atomic mass is 9.81. The van der Waals surface area contributed by atoms with Gasteiger partial charge in [-0.3, -0.25) is 4.79 Å². The van der Waals surface area contributed by atoms with E-state index >= 15 is 0 Å². The van der Waals surface area contributed by atoms with Crippen molar-refractivity contribution in [3.05, 3.63) is 63.7 Å². The number of aliphatic carboxylic acids is 1. The van der Waals surface area contributed by atoms with Crippen LogP contribution in [0.5, 0.6) is 0 Å². The van der Waals surface area contributed by atoms with Gasteiger partial charge in [-0.2, -0.15) is 31.1 Å². The third-order valence-corrected chi connectivity index (χ3v) is 9.10. The van der Waals surface area contributed by atoms with Crippen LogP contribution in [0.4, 0.5) is 38.0 Å². The quantitative estimate of drug-likeness (QED) is 0.221. The standard InChI is InChI=1S/C32H38F6N6O2.ClH/c1-3-43(17-20-8-10-22(11-9-20)29(45)46)28-15-24-7-5-4-6-23(24)14-25(28)19-44(30-39-41-42(2)40-30)18-21-12-26(31(33,34)35)16-27(13-21)32(36,37)38;/h12-16,20,22H,3-11,17-19H2,1-2H3,(H,45,46);1H/t20-,22-;. The molecule has 1 N–H and O–H groups in total. The van der Waals surface area contributed by atoms with Gasteiger partial charge in [-0.05, 0) is 116 Å². The molecule has 0 unspecified atom stereocenters. The minimum Gasteiger partial charge on any atom is -0.481 e. The van der Waals surface area contributed by atoms with Gasteiger partial charge in [-0.15, -0.1) is 17.5 Å². The van der Waals surface area contributed by atoms with Crippen molar-refractivity contribution in [1.29, 1.82) is 0 Å². The van der Waals surface area contributed by atoms with Crippen LogP contribution in [0.15, 0.2) is 30.3 Å². The molecule has 0 aliphatic heterocycles. The number of carbonyl (C=O) groups is 1. The largest absolute Gasteiger partial charge is 0.481 e. The minimum atomic E-state index is -4.97. The summed E-state index contributed by atoms with van der Waals surface area (Å²) in [6.45, 7) is 3.21. The maximum Gasteiger partial charge on any atom is 0.416 e. The van der Waals surface area contributed by atoms with E-state index in [0.717, 1.165) is 61.9 Å². The zero-order valence-corrected chi connectivity index (χ0v) is 27.1. The summed E-state index contributed by atoms with van der Waals surface area (Å²) in [6.07, 6.45) is -3.23. The van der Waals surface area contributed by atoms with Crippen molar-refractivity contribution in [3.63, 3.8) is 0 Å². The highest BCUT2D eigenvalue weighted by atomic mass is 35.5. The van der Waals surface area contributed by atoms with E-state index in [1.807, 2.05) is 6.92 Å². The van der Waals surface area contributed by atoms with Gasteiger partial charge in [0.05, 0.1) is 24.1 Å². The zero-order chi connectivity index (χ0) is 33.2. The van der Waals surface area contributed by atoms with E-state index in [-0.39, 0.29) is 49.0 Å². The number of rotatable bonds is 10. The van der Waals surface area contributed by atoms with Crippen molar-refractivity contribution in [2.24, 2.45) is 18.9 Å². The van der Waals surface area contributed by atoms with Crippen LogP contribution in [0.3, 0.4) is 0 Å². The van der Waals surface area contributed by atoms with Gasteiger partial charge < -0.3 is 14.9 Å². The average molecular weight is 689 g/mol. The molecule has 0 amide bonds. The van der Waals surface area contributed by atoms with E-state index in [4.69, 9.17) is 0 Å². The molecule has 0 saturated heterocycles. The number of carboxylic acid groups (broad SMARTS) is 1. The topological polar surface area (TPSA) is 87.4 Å². The second kappa shape index (κ2) is 14.7. The Morgan fingerprint density at radius 2 is 1.49 bits per heavy atom. The Morgan fingerprint density at radius 1 is 0.894 bits per heavy atom. The molecule has 47 heavy (non-hydrogen) atoms. The number of aromatic nitrogens is 4. The first-order valence-corrected chi connectivity index (χ1v) is 15.6. The molecule has 1 saturated carbocycles. The highest BCUT2D eigenvalue weighted by Gasteiger charge is 2.37. The number of benzene rings is 2. The SMILES string of the molecule is CCN(C[C@H]1CC[C@H](C(=O)O)CC1)c1cc2c(cc1CN(Cc1cc(C(F)(F)F)cc(C(F)(F)F)c1)c1nnn(C)n1)CCCC2.Cl. The molecule has 1 heterocycles. The summed E-state index contributed by atoms with van der Waals surface area (Å²) in [7, 11) is 1.53. The monoisotopic (exact) mass is 688 g/mol. The van der Waals surface area contributed by atoms with E-state index in [1.165, 1.54) is 23.0 Å². The van der Waals surface area contributed by atoms with Crippen LogP contribution in [0.2, 0.25) is 0 Å². The summed E-state index contributed by atoms with van der Waals surface area (Å²) in [5.74, 6) is -0.716. The highest BCUT2D eigenvalue weighted by molar-refractivity contribution is 5.85. The second-order valence-electron chi connectivity index (χ2n) is 12.4. The van der Waals surface area contributed by atoms with E-state index in [9.17, 15) is 36.2 Å². The third-order valence-electron chi connectivity index (χ3n) is 9.10. The molecule has 0 atom stereocenters. The summed E-state index contributed by atoms with van der Waals surface area (Å²) in [5.41, 5.74) is 1.26. The van der Waals surface area contributed by atoms with Gasteiger partial charge in [0.25, 0.3) is 5.95 Å². The Morgan fingerprint density at radius 3 is 2.00 bits per heavy atom. The lowest BCUT2D eigenvalue weighted by Crippen LogP contribution is -2.34. The van der Waals surface area contributed by atoms with Gasteiger partial charge in [0, 0.05) is 31.9 Å². The smallest absolute Gasteiger partial charge is 0.416 e. The van der Waals surface area contributed by atoms with Crippen molar-refractivity contribution in [1.82, 2.24) is 20.2 Å². The first kappa shape index (κ1) is 36.3. The molecule has 2 aliphatic rings. The molecule has 258 valence electrons. The molecular formula is C32H39ClF6N6O2.